The van der Waals surface area contributed by atoms with Crippen LogP contribution in [0.15, 0.2) is 24.3 Å². The van der Waals surface area contributed by atoms with E-state index in [-0.39, 0.29) is 0 Å². The van der Waals surface area contributed by atoms with Gasteiger partial charge in [0, 0.05) is 31.4 Å². The number of nitrogens with one attached hydrogen (secondary N) is 1. The molecule has 0 aromatic heterocycles. The third-order valence-electron chi connectivity index (χ3n) is 3.43. The molecule has 0 saturated carbocycles. The molecule has 0 fully saturated rings. The van der Waals surface area contributed by atoms with Crippen LogP contribution in [0, 0.1) is 0 Å². The Hall–Kier alpha value is -1.06. The molecule has 1 atom stereocenters. The fraction of sp³-hybridized carbons (Fsp3) is 0.571. The molecule has 2 rings (SSSR count). The van der Waals surface area contributed by atoms with Gasteiger partial charge in [-0.2, -0.15) is 0 Å². The van der Waals surface area contributed by atoms with Crippen LogP contribution in [0.25, 0.3) is 0 Å². The predicted octanol–water partition coefficient (Wildman–Crippen LogP) is 1.38. The highest BCUT2D eigenvalue weighted by atomic mass is 15.1. The van der Waals surface area contributed by atoms with E-state index >= 15 is 0 Å². The van der Waals surface area contributed by atoms with E-state index in [0.717, 1.165) is 13.1 Å². The Morgan fingerprint density at radius 1 is 1.41 bits per heavy atom. The van der Waals surface area contributed by atoms with Gasteiger partial charge in [0.15, 0.2) is 0 Å². The molecule has 0 aliphatic carbocycles. The number of fused-ring (bicyclic) bond motifs is 1. The zero-order valence-electron chi connectivity index (χ0n) is 10.7. The molecule has 0 spiro atoms. The van der Waals surface area contributed by atoms with E-state index in [1.807, 2.05) is 0 Å². The number of hydrogen-bond donors (Lipinski definition) is 2. The maximum absolute atomic E-state index is 5.57. The van der Waals surface area contributed by atoms with E-state index < -0.39 is 0 Å². The molecule has 3 nitrogen and oxygen atoms in total. The molecule has 17 heavy (non-hydrogen) atoms. The Morgan fingerprint density at radius 3 is 3.06 bits per heavy atom. The van der Waals surface area contributed by atoms with Gasteiger partial charge in [0.1, 0.15) is 0 Å². The zero-order valence-corrected chi connectivity index (χ0v) is 10.7. The number of nitrogens with two attached hydrogens (primary N) is 1. The molecule has 1 aliphatic heterocycles. The van der Waals surface area contributed by atoms with Crippen molar-refractivity contribution in [3.8, 4) is 0 Å². The van der Waals surface area contributed by atoms with Crippen molar-refractivity contribution >= 4 is 5.69 Å². The van der Waals surface area contributed by atoms with Crippen LogP contribution in [0.4, 0.5) is 5.69 Å². The molecule has 3 N–H and O–H groups in total. The van der Waals surface area contributed by atoms with Crippen molar-refractivity contribution in [2.75, 3.05) is 31.1 Å². The van der Waals surface area contributed by atoms with Gasteiger partial charge in [0.25, 0.3) is 0 Å². The molecule has 1 aromatic carbocycles. The first-order valence-electron chi connectivity index (χ1n) is 6.57. The molecule has 0 amide bonds. The van der Waals surface area contributed by atoms with Crippen LogP contribution in [-0.2, 0) is 6.42 Å². The molecular formula is C14H23N3. The van der Waals surface area contributed by atoms with Crippen molar-refractivity contribution in [2.24, 2.45) is 5.73 Å². The lowest BCUT2D eigenvalue weighted by Gasteiger charge is -2.20. The van der Waals surface area contributed by atoms with Crippen molar-refractivity contribution in [1.82, 2.24) is 5.32 Å². The van der Waals surface area contributed by atoms with E-state index in [2.05, 4.69) is 41.4 Å². The first-order chi connectivity index (χ1) is 8.31. The Balaban J connectivity index is 1.75. The zero-order chi connectivity index (χ0) is 12.1. The number of anilines is 1. The lowest BCUT2D eigenvalue weighted by atomic mass is 10.2. The van der Waals surface area contributed by atoms with E-state index in [0.29, 0.717) is 12.6 Å². The summed E-state index contributed by atoms with van der Waals surface area (Å²) < 4.78 is 0. The van der Waals surface area contributed by atoms with Crippen molar-refractivity contribution < 1.29 is 0 Å². The fourth-order valence-electron chi connectivity index (χ4n) is 2.34. The maximum atomic E-state index is 5.57. The molecular weight excluding hydrogens is 210 g/mol. The summed E-state index contributed by atoms with van der Waals surface area (Å²) in [7, 11) is 0. The van der Waals surface area contributed by atoms with Crippen molar-refractivity contribution in [3.63, 3.8) is 0 Å². The van der Waals surface area contributed by atoms with Crippen LogP contribution in [-0.4, -0.2) is 32.2 Å². The molecule has 0 bridgehead atoms. The first kappa shape index (κ1) is 12.4. The highest BCUT2D eigenvalue weighted by Gasteiger charge is 2.17. The molecule has 3 heteroatoms. The normalized spacial score (nSPS) is 16.0. The molecule has 0 radical (unpaired) electrons. The third-order valence-corrected chi connectivity index (χ3v) is 3.43. The Labute approximate surface area is 104 Å². The van der Waals surface area contributed by atoms with Crippen LogP contribution < -0.4 is 16.0 Å². The van der Waals surface area contributed by atoms with Crippen LogP contribution >= 0.6 is 0 Å². The minimum absolute atomic E-state index is 0.431. The number of benzene rings is 1. The largest absolute Gasteiger partial charge is 0.371 e. The predicted molar refractivity (Wildman–Crippen MR) is 73.5 cm³/mol. The molecule has 1 aromatic rings. The molecule has 1 unspecified atom stereocenters. The van der Waals surface area contributed by atoms with Crippen molar-refractivity contribution in [2.45, 2.75) is 25.8 Å². The molecule has 1 heterocycles. The van der Waals surface area contributed by atoms with E-state index in [9.17, 15) is 0 Å². The highest BCUT2D eigenvalue weighted by Crippen LogP contribution is 2.27. The second-order valence-electron chi connectivity index (χ2n) is 4.81. The number of rotatable bonds is 6. The summed E-state index contributed by atoms with van der Waals surface area (Å²) in [5, 5.41) is 3.43. The summed E-state index contributed by atoms with van der Waals surface area (Å²) in [5.74, 6) is 0. The van der Waals surface area contributed by atoms with Gasteiger partial charge in [0.2, 0.25) is 0 Å². The Bertz CT molecular complexity index is 351. The summed E-state index contributed by atoms with van der Waals surface area (Å²) in [4.78, 5) is 2.49. The lowest BCUT2D eigenvalue weighted by Crippen LogP contribution is -2.35. The number of para-hydroxylation sites is 1. The summed E-state index contributed by atoms with van der Waals surface area (Å²) in [6.45, 7) is 6.21. The average Bonchev–Trinajstić information content (AvgIpc) is 2.78. The van der Waals surface area contributed by atoms with Gasteiger partial charge < -0.3 is 16.0 Å². The molecule has 0 saturated heterocycles. The molecule has 94 valence electrons. The Morgan fingerprint density at radius 2 is 2.24 bits per heavy atom. The van der Waals surface area contributed by atoms with Crippen LogP contribution in [0.5, 0.6) is 0 Å². The molecule has 1 aliphatic rings. The second-order valence-corrected chi connectivity index (χ2v) is 4.81. The van der Waals surface area contributed by atoms with Crippen molar-refractivity contribution in [3.05, 3.63) is 29.8 Å². The van der Waals surface area contributed by atoms with Gasteiger partial charge in [-0.15, -0.1) is 0 Å². The lowest BCUT2D eigenvalue weighted by molar-refractivity contribution is 0.542. The first-order valence-corrected chi connectivity index (χ1v) is 6.57. The summed E-state index contributed by atoms with van der Waals surface area (Å²) in [5.41, 5.74) is 8.49. The van der Waals surface area contributed by atoms with Crippen LogP contribution in [0.1, 0.15) is 18.9 Å². The SMILES string of the molecule is CC(CN)NCCCN1CCc2ccccc21. The Kier molecular flexibility index (Phi) is 4.40. The third kappa shape index (κ3) is 3.20. The standard InChI is InChI=1S/C14H23N3/c1-12(11-15)16-8-4-9-17-10-7-13-5-2-3-6-14(13)17/h2-3,5-6,12,16H,4,7-11,15H2,1H3. The summed E-state index contributed by atoms with van der Waals surface area (Å²) in [6, 6.07) is 9.17. The summed E-state index contributed by atoms with van der Waals surface area (Å²) >= 11 is 0. The monoisotopic (exact) mass is 233 g/mol. The number of nitrogens with zero attached hydrogens (tertiary/aromatic N) is 1. The van der Waals surface area contributed by atoms with Crippen LogP contribution in [0.2, 0.25) is 0 Å². The maximum Gasteiger partial charge on any atom is 0.0399 e. The van der Waals surface area contributed by atoms with Gasteiger partial charge >= 0.3 is 0 Å². The smallest absolute Gasteiger partial charge is 0.0399 e. The number of hydrogen-bond acceptors (Lipinski definition) is 3. The summed E-state index contributed by atoms with van der Waals surface area (Å²) in [6.07, 6.45) is 2.38. The van der Waals surface area contributed by atoms with E-state index in [4.69, 9.17) is 5.73 Å². The average molecular weight is 233 g/mol. The van der Waals surface area contributed by atoms with Gasteiger partial charge in [-0.1, -0.05) is 18.2 Å². The van der Waals surface area contributed by atoms with Gasteiger partial charge in [-0.3, -0.25) is 0 Å². The fourth-order valence-corrected chi connectivity index (χ4v) is 2.34. The van der Waals surface area contributed by atoms with E-state index in [1.165, 1.54) is 30.6 Å². The van der Waals surface area contributed by atoms with Gasteiger partial charge in [0.05, 0.1) is 0 Å². The van der Waals surface area contributed by atoms with Crippen molar-refractivity contribution in [1.29, 1.82) is 0 Å². The minimum atomic E-state index is 0.431. The van der Waals surface area contributed by atoms with E-state index in [1.54, 1.807) is 0 Å². The minimum Gasteiger partial charge on any atom is -0.371 e. The van der Waals surface area contributed by atoms with Gasteiger partial charge in [-0.05, 0) is 37.9 Å². The quantitative estimate of drug-likeness (QED) is 0.729. The van der Waals surface area contributed by atoms with Gasteiger partial charge in [-0.25, -0.2) is 0 Å². The second kappa shape index (κ2) is 6.03. The topological polar surface area (TPSA) is 41.3 Å². The van der Waals surface area contributed by atoms with Crippen LogP contribution in [0.3, 0.4) is 0 Å². The highest BCUT2D eigenvalue weighted by molar-refractivity contribution is 5.57.